The number of amides is 1. The molecular weight excluding hydrogens is 385 g/mol. The van der Waals surface area contributed by atoms with E-state index in [9.17, 15) is 18.0 Å². The molecule has 2 aromatic carbocycles. The SMILES string of the molecule is O=C(CSc1nnc(Nc2ccccc2F)s1)Nc1ccc(F)c(F)c1. The minimum Gasteiger partial charge on any atom is -0.328 e. The highest BCUT2D eigenvalue weighted by atomic mass is 32.2. The molecule has 0 fully saturated rings. The topological polar surface area (TPSA) is 66.9 Å². The van der Waals surface area contributed by atoms with Crippen LogP contribution in [-0.2, 0) is 4.79 Å². The normalized spacial score (nSPS) is 10.6. The molecule has 1 heterocycles. The van der Waals surface area contributed by atoms with Crippen LogP contribution in [0.5, 0.6) is 0 Å². The van der Waals surface area contributed by atoms with Gasteiger partial charge in [0.15, 0.2) is 16.0 Å². The van der Waals surface area contributed by atoms with Crippen LogP contribution >= 0.6 is 23.1 Å². The Morgan fingerprint density at radius 2 is 1.85 bits per heavy atom. The van der Waals surface area contributed by atoms with Crippen LogP contribution in [0, 0.1) is 17.5 Å². The summed E-state index contributed by atoms with van der Waals surface area (Å²) in [6.07, 6.45) is 0. The van der Waals surface area contributed by atoms with Crippen LogP contribution < -0.4 is 10.6 Å². The van der Waals surface area contributed by atoms with Crippen molar-refractivity contribution in [1.82, 2.24) is 10.2 Å². The summed E-state index contributed by atoms with van der Waals surface area (Å²) in [6.45, 7) is 0. The van der Waals surface area contributed by atoms with Gasteiger partial charge in [0.25, 0.3) is 0 Å². The Morgan fingerprint density at radius 1 is 1.04 bits per heavy atom. The number of carbonyl (C=O) groups is 1. The van der Waals surface area contributed by atoms with Crippen molar-refractivity contribution < 1.29 is 18.0 Å². The number of para-hydroxylation sites is 1. The smallest absolute Gasteiger partial charge is 0.234 e. The van der Waals surface area contributed by atoms with E-state index in [0.29, 0.717) is 9.47 Å². The molecule has 134 valence electrons. The van der Waals surface area contributed by atoms with Crippen molar-refractivity contribution in [2.24, 2.45) is 0 Å². The molecule has 5 nitrogen and oxygen atoms in total. The van der Waals surface area contributed by atoms with Crippen LogP contribution in [0.25, 0.3) is 0 Å². The molecule has 26 heavy (non-hydrogen) atoms. The van der Waals surface area contributed by atoms with E-state index in [-0.39, 0.29) is 17.1 Å². The highest BCUT2D eigenvalue weighted by Gasteiger charge is 2.11. The summed E-state index contributed by atoms with van der Waals surface area (Å²) in [7, 11) is 0. The Morgan fingerprint density at radius 3 is 2.62 bits per heavy atom. The molecule has 1 amide bonds. The van der Waals surface area contributed by atoms with Gasteiger partial charge in [-0.3, -0.25) is 4.79 Å². The van der Waals surface area contributed by atoms with E-state index in [2.05, 4.69) is 20.8 Å². The van der Waals surface area contributed by atoms with Crippen molar-refractivity contribution in [2.75, 3.05) is 16.4 Å². The van der Waals surface area contributed by atoms with Gasteiger partial charge in [0.2, 0.25) is 11.0 Å². The third-order valence-corrected chi connectivity index (χ3v) is 5.02. The molecule has 0 aliphatic heterocycles. The molecule has 10 heteroatoms. The Bertz CT molecular complexity index is 935. The van der Waals surface area contributed by atoms with Gasteiger partial charge in [-0.15, -0.1) is 10.2 Å². The molecule has 0 saturated carbocycles. The molecule has 3 rings (SSSR count). The largest absolute Gasteiger partial charge is 0.328 e. The van der Waals surface area contributed by atoms with E-state index in [1.807, 2.05) is 0 Å². The summed E-state index contributed by atoms with van der Waals surface area (Å²) in [4.78, 5) is 11.9. The fourth-order valence-corrected chi connectivity index (χ4v) is 3.46. The lowest BCUT2D eigenvalue weighted by Crippen LogP contribution is -2.14. The predicted octanol–water partition coefficient (Wildman–Crippen LogP) is 4.43. The summed E-state index contributed by atoms with van der Waals surface area (Å²) >= 11 is 2.28. The van der Waals surface area contributed by atoms with Gasteiger partial charge in [-0.05, 0) is 24.3 Å². The summed E-state index contributed by atoms with van der Waals surface area (Å²) < 4.78 is 40.0. The molecule has 0 atom stereocenters. The molecular formula is C16H11F3N4OS2. The minimum atomic E-state index is -1.04. The Labute approximate surface area is 154 Å². The maximum Gasteiger partial charge on any atom is 0.234 e. The van der Waals surface area contributed by atoms with Crippen LogP contribution in [0.2, 0.25) is 0 Å². The lowest BCUT2D eigenvalue weighted by molar-refractivity contribution is -0.113. The van der Waals surface area contributed by atoms with Gasteiger partial charge in [0.05, 0.1) is 11.4 Å². The number of benzene rings is 2. The molecule has 0 saturated heterocycles. The van der Waals surface area contributed by atoms with Crippen molar-refractivity contribution in [1.29, 1.82) is 0 Å². The summed E-state index contributed by atoms with van der Waals surface area (Å²) in [5.74, 6) is -2.83. The van der Waals surface area contributed by atoms with Crippen molar-refractivity contribution >= 4 is 45.5 Å². The third-order valence-electron chi connectivity index (χ3n) is 3.05. The fraction of sp³-hybridized carbons (Fsp3) is 0.0625. The van der Waals surface area contributed by atoms with Gasteiger partial charge in [-0.25, -0.2) is 13.2 Å². The van der Waals surface area contributed by atoms with Gasteiger partial charge in [-0.1, -0.05) is 35.2 Å². The van der Waals surface area contributed by atoms with Gasteiger partial charge in [0.1, 0.15) is 5.82 Å². The van der Waals surface area contributed by atoms with Crippen LogP contribution in [0.3, 0.4) is 0 Å². The second-order valence-electron chi connectivity index (χ2n) is 4.94. The first-order valence-corrected chi connectivity index (χ1v) is 9.04. The zero-order chi connectivity index (χ0) is 18.5. The second-order valence-corrected chi connectivity index (χ2v) is 7.14. The van der Waals surface area contributed by atoms with Crippen LogP contribution in [0.4, 0.5) is 29.7 Å². The van der Waals surface area contributed by atoms with Gasteiger partial charge >= 0.3 is 0 Å². The maximum absolute atomic E-state index is 13.6. The van der Waals surface area contributed by atoms with Crippen LogP contribution in [0.1, 0.15) is 0 Å². The predicted molar refractivity (Wildman–Crippen MR) is 95.3 cm³/mol. The van der Waals surface area contributed by atoms with Crippen molar-refractivity contribution in [3.05, 3.63) is 59.9 Å². The van der Waals surface area contributed by atoms with E-state index < -0.39 is 23.4 Å². The van der Waals surface area contributed by atoms with Crippen molar-refractivity contribution in [3.63, 3.8) is 0 Å². The lowest BCUT2D eigenvalue weighted by atomic mass is 10.3. The Kier molecular flexibility index (Phi) is 5.74. The van der Waals surface area contributed by atoms with Gasteiger partial charge in [0, 0.05) is 11.8 Å². The first-order chi connectivity index (χ1) is 12.5. The number of nitrogens with zero attached hydrogens (tertiary/aromatic N) is 2. The van der Waals surface area contributed by atoms with E-state index in [4.69, 9.17) is 0 Å². The summed E-state index contributed by atoms with van der Waals surface area (Å²) in [5, 5.41) is 13.4. The minimum absolute atomic E-state index is 0.00727. The highest BCUT2D eigenvalue weighted by molar-refractivity contribution is 8.01. The van der Waals surface area contributed by atoms with E-state index in [0.717, 1.165) is 35.2 Å². The van der Waals surface area contributed by atoms with E-state index in [1.54, 1.807) is 18.2 Å². The van der Waals surface area contributed by atoms with Crippen LogP contribution in [-0.4, -0.2) is 21.9 Å². The van der Waals surface area contributed by atoms with E-state index in [1.165, 1.54) is 12.1 Å². The number of hydrogen-bond acceptors (Lipinski definition) is 6. The Balaban J connectivity index is 1.53. The molecule has 0 bridgehead atoms. The molecule has 0 radical (unpaired) electrons. The fourth-order valence-electron chi connectivity index (χ4n) is 1.89. The molecule has 3 aromatic rings. The first kappa shape index (κ1) is 18.2. The lowest BCUT2D eigenvalue weighted by Gasteiger charge is -2.04. The highest BCUT2D eigenvalue weighted by Crippen LogP contribution is 2.28. The molecule has 0 spiro atoms. The third kappa shape index (κ3) is 4.73. The number of halogens is 3. The first-order valence-electron chi connectivity index (χ1n) is 7.24. The summed E-state index contributed by atoms with van der Waals surface area (Å²) in [5.41, 5.74) is 0.435. The second kappa shape index (κ2) is 8.19. The molecule has 0 aliphatic carbocycles. The zero-order valence-electron chi connectivity index (χ0n) is 13.0. The average molecular weight is 396 g/mol. The molecule has 2 N–H and O–H groups in total. The van der Waals surface area contributed by atoms with Gasteiger partial charge in [-0.2, -0.15) is 0 Å². The number of nitrogens with one attached hydrogen (secondary N) is 2. The van der Waals surface area contributed by atoms with Crippen molar-refractivity contribution in [3.8, 4) is 0 Å². The number of rotatable bonds is 6. The average Bonchev–Trinajstić information content (AvgIpc) is 3.06. The molecule has 0 unspecified atom stereocenters. The maximum atomic E-state index is 13.6. The number of thioether (sulfide) groups is 1. The van der Waals surface area contributed by atoms with E-state index >= 15 is 0 Å². The van der Waals surface area contributed by atoms with Crippen LogP contribution in [0.15, 0.2) is 46.8 Å². The Hall–Kier alpha value is -2.59. The van der Waals surface area contributed by atoms with Gasteiger partial charge < -0.3 is 10.6 Å². The van der Waals surface area contributed by atoms with Crippen molar-refractivity contribution in [2.45, 2.75) is 4.34 Å². The molecule has 1 aromatic heterocycles. The summed E-state index contributed by atoms with van der Waals surface area (Å²) in [6, 6.07) is 9.25. The zero-order valence-corrected chi connectivity index (χ0v) is 14.6. The quantitative estimate of drug-likeness (QED) is 0.604. The standard InChI is InChI=1S/C16H11F3N4OS2/c17-10-6-5-9(7-12(10)19)20-14(24)8-25-16-23-22-15(26-16)21-13-4-2-1-3-11(13)18/h1-7H,8H2,(H,20,24)(H,21,22). The number of aromatic nitrogens is 2. The number of carbonyl (C=O) groups excluding carboxylic acids is 1. The monoisotopic (exact) mass is 396 g/mol. The molecule has 0 aliphatic rings. The number of hydrogen-bond donors (Lipinski definition) is 2. The number of anilines is 3.